The van der Waals surface area contributed by atoms with Gasteiger partial charge in [0.15, 0.2) is 5.75 Å². The minimum absolute atomic E-state index is 0.00907. The number of aromatic amines is 1. The minimum Gasteiger partial charge on any atom is -0.505 e. The van der Waals surface area contributed by atoms with Crippen LogP contribution < -0.4 is 5.36 Å². The molecule has 7 nitrogen and oxygen atoms in total. The standard InChI is InChI=1S/C20H13FN2O5/c1-28-20(27)11-7-12(22)14-13-10(6-8-2-4-9(21)5-3-8)15(19(26)18(13)25)23-16(14)17(11)24/h2-5,7,22-24H,6H2,1H3. The summed E-state index contributed by atoms with van der Waals surface area (Å²) in [4.78, 5) is 39.5. The molecule has 140 valence electrons. The van der Waals surface area contributed by atoms with Crippen molar-refractivity contribution < 1.29 is 28.6 Å². The molecule has 28 heavy (non-hydrogen) atoms. The number of phenols is 1. The number of esters is 1. The largest absolute Gasteiger partial charge is 0.505 e. The fourth-order valence-corrected chi connectivity index (χ4v) is 3.45. The number of aromatic hydroxyl groups is 1. The number of ketones is 2. The van der Waals surface area contributed by atoms with E-state index < -0.39 is 29.1 Å². The van der Waals surface area contributed by atoms with Crippen molar-refractivity contribution in [3.8, 4) is 17.0 Å². The van der Waals surface area contributed by atoms with Crippen molar-refractivity contribution in [2.75, 3.05) is 7.11 Å². The smallest absolute Gasteiger partial charge is 0.341 e. The van der Waals surface area contributed by atoms with Crippen LogP contribution in [0.5, 0.6) is 5.75 Å². The second-order valence-corrected chi connectivity index (χ2v) is 6.38. The molecule has 3 aliphatic rings. The number of rotatable bonds is 3. The summed E-state index contributed by atoms with van der Waals surface area (Å²) in [6.07, 6.45) is 0.161. The number of carbonyl (C=O) groups is 3. The number of halogens is 1. The lowest BCUT2D eigenvalue weighted by Crippen LogP contribution is -2.16. The van der Waals surface area contributed by atoms with Crippen molar-refractivity contribution in [1.29, 1.82) is 5.41 Å². The van der Waals surface area contributed by atoms with Gasteiger partial charge in [-0.05, 0) is 29.3 Å². The summed E-state index contributed by atoms with van der Waals surface area (Å²) >= 11 is 0. The predicted octanol–water partition coefficient (Wildman–Crippen LogP) is 2.20. The Morgan fingerprint density at radius 3 is 2.46 bits per heavy atom. The quantitative estimate of drug-likeness (QED) is 0.475. The highest BCUT2D eigenvalue weighted by molar-refractivity contribution is 6.53. The van der Waals surface area contributed by atoms with Crippen LogP contribution in [-0.2, 0) is 11.2 Å². The number of carbonyl (C=O) groups excluding carboxylic acids is 3. The molecule has 4 rings (SSSR count). The Balaban J connectivity index is 2.00. The topological polar surface area (TPSA) is 120 Å². The summed E-state index contributed by atoms with van der Waals surface area (Å²) < 4.78 is 17.7. The zero-order chi connectivity index (χ0) is 20.2. The van der Waals surface area contributed by atoms with Crippen LogP contribution in [0.25, 0.3) is 11.3 Å². The molecule has 0 spiro atoms. The Bertz CT molecular complexity index is 1210. The molecule has 1 aromatic rings. The summed E-state index contributed by atoms with van der Waals surface area (Å²) in [6.45, 7) is 0. The van der Waals surface area contributed by atoms with E-state index in [-0.39, 0.29) is 39.9 Å². The molecular weight excluding hydrogens is 367 g/mol. The van der Waals surface area contributed by atoms with E-state index in [9.17, 15) is 23.9 Å². The molecule has 2 aliphatic carbocycles. The number of fused-ring (bicyclic) bond motifs is 4. The molecule has 0 fully saturated rings. The van der Waals surface area contributed by atoms with Crippen molar-refractivity contribution in [2.45, 2.75) is 6.42 Å². The number of aromatic nitrogens is 1. The average Bonchev–Trinajstić information content (AvgIpc) is 2.83. The molecule has 2 bridgehead atoms. The molecule has 8 heteroatoms. The number of methoxy groups -OCH3 is 1. The van der Waals surface area contributed by atoms with Crippen LogP contribution in [0.3, 0.4) is 0 Å². The van der Waals surface area contributed by atoms with Gasteiger partial charge in [0.25, 0.3) is 0 Å². The third-order valence-electron chi connectivity index (χ3n) is 4.76. The van der Waals surface area contributed by atoms with E-state index in [1.165, 1.54) is 24.3 Å². The van der Waals surface area contributed by atoms with Gasteiger partial charge < -0.3 is 20.2 Å². The van der Waals surface area contributed by atoms with E-state index >= 15 is 0 Å². The van der Waals surface area contributed by atoms with E-state index in [0.717, 1.165) is 13.2 Å². The highest BCUT2D eigenvalue weighted by Crippen LogP contribution is 2.39. The molecule has 0 saturated carbocycles. The minimum atomic E-state index is -0.850. The van der Waals surface area contributed by atoms with Crippen LogP contribution in [-0.4, -0.2) is 34.7 Å². The molecule has 1 aliphatic heterocycles. The number of ether oxygens (including phenoxy) is 1. The van der Waals surface area contributed by atoms with Crippen molar-refractivity contribution in [1.82, 2.24) is 4.98 Å². The Kier molecular flexibility index (Phi) is 3.85. The van der Waals surface area contributed by atoms with Crippen molar-refractivity contribution in [3.05, 3.63) is 69.5 Å². The van der Waals surface area contributed by atoms with Gasteiger partial charge in [-0.2, -0.15) is 0 Å². The van der Waals surface area contributed by atoms with Crippen LogP contribution in [0.2, 0.25) is 0 Å². The van der Waals surface area contributed by atoms with Crippen LogP contribution in [0.1, 0.15) is 42.3 Å². The highest BCUT2D eigenvalue weighted by Gasteiger charge is 2.39. The van der Waals surface area contributed by atoms with Gasteiger partial charge in [0.05, 0.1) is 23.9 Å². The number of pyridine rings is 1. The number of hydrogen-bond donors (Lipinski definition) is 3. The summed E-state index contributed by atoms with van der Waals surface area (Å²) in [5, 5.41) is 18.5. The van der Waals surface area contributed by atoms with E-state index in [1.54, 1.807) is 0 Å². The first-order valence-corrected chi connectivity index (χ1v) is 8.24. The number of nitrogens with one attached hydrogen (secondary N) is 2. The Morgan fingerprint density at radius 2 is 1.82 bits per heavy atom. The van der Waals surface area contributed by atoms with Crippen LogP contribution >= 0.6 is 0 Å². The first-order valence-electron chi connectivity index (χ1n) is 8.24. The van der Waals surface area contributed by atoms with Crippen LogP contribution in [0.4, 0.5) is 4.39 Å². The van der Waals surface area contributed by atoms with Crippen LogP contribution in [0, 0.1) is 11.2 Å². The second-order valence-electron chi connectivity index (χ2n) is 6.38. The number of H-pyrrole nitrogens is 1. The maximum atomic E-state index is 13.2. The number of benzene rings is 2. The summed E-state index contributed by atoms with van der Waals surface area (Å²) in [5.74, 6) is -3.35. The normalized spacial score (nSPS) is 12.6. The lowest BCUT2D eigenvalue weighted by Gasteiger charge is -2.16. The van der Waals surface area contributed by atoms with E-state index in [4.69, 9.17) is 5.41 Å². The monoisotopic (exact) mass is 380 g/mol. The second kappa shape index (κ2) is 6.12. The summed E-state index contributed by atoms with van der Waals surface area (Å²) in [7, 11) is 1.13. The predicted molar refractivity (Wildman–Crippen MR) is 94.1 cm³/mol. The lowest BCUT2D eigenvalue weighted by atomic mass is 9.93. The van der Waals surface area contributed by atoms with E-state index in [0.29, 0.717) is 11.1 Å². The maximum Gasteiger partial charge on any atom is 0.341 e. The van der Waals surface area contributed by atoms with Crippen LogP contribution in [0.15, 0.2) is 30.3 Å². The maximum absolute atomic E-state index is 13.2. The highest BCUT2D eigenvalue weighted by atomic mass is 19.1. The van der Waals surface area contributed by atoms with Gasteiger partial charge in [-0.3, -0.25) is 9.59 Å². The molecule has 1 aromatic carbocycles. The molecule has 0 unspecified atom stereocenters. The van der Waals surface area contributed by atoms with Gasteiger partial charge in [0, 0.05) is 17.5 Å². The first-order chi connectivity index (χ1) is 13.3. The zero-order valence-electron chi connectivity index (χ0n) is 14.6. The molecule has 0 atom stereocenters. The number of Topliss-reactive ketones (excluding diaryl/α,β-unsaturated/α-hetero) is 2. The average molecular weight is 380 g/mol. The van der Waals surface area contributed by atoms with Gasteiger partial charge >= 0.3 is 5.97 Å². The third-order valence-corrected chi connectivity index (χ3v) is 4.76. The number of hydrogen-bond acceptors (Lipinski definition) is 6. The SMILES string of the molecule is COC(=O)c1cc(=N)c2c3c(Cc4ccc(F)cc4)c([nH]c-2c1O)C(=O)C3=O. The van der Waals surface area contributed by atoms with E-state index in [1.807, 2.05) is 0 Å². The summed E-state index contributed by atoms with van der Waals surface area (Å²) in [5.41, 5.74) is 0.764. The van der Waals surface area contributed by atoms with Gasteiger partial charge in [-0.25, -0.2) is 9.18 Å². The molecule has 0 aromatic heterocycles. The first kappa shape index (κ1) is 17.6. The fourth-order valence-electron chi connectivity index (χ4n) is 3.45. The molecule has 0 saturated heterocycles. The molecule has 0 amide bonds. The molecular formula is C20H13FN2O5. The lowest BCUT2D eigenvalue weighted by molar-refractivity contribution is 0.0597. The van der Waals surface area contributed by atoms with E-state index in [2.05, 4.69) is 9.72 Å². The Hall–Kier alpha value is -3.81. The van der Waals surface area contributed by atoms with Gasteiger partial charge in [0.2, 0.25) is 11.6 Å². The van der Waals surface area contributed by atoms with Gasteiger partial charge in [0.1, 0.15) is 11.4 Å². The zero-order valence-corrected chi connectivity index (χ0v) is 14.6. The number of phenolic OH excluding ortho intramolecular Hbond substituents is 1. The van der Waals surface area contributed by atoms with Crippen molar-refractivity contribution >= 4 is 17.5 Å². The third kappa shape index (κ3) is 2.42. The fraction of sp³-hybridized carbons (Fsp3) is 0.100. The summed E-state index contributed by atoms with van der Waals surface area (Å²) in [6, 6.07) is 6.70. The molecule has 0 radical (unpaired) electrons. The Morgan fingerprint density at radius 1 is 1.14 bits per heavy atom. The van der Waals surface area contributed by atoms with Crippen molar-refractivity contribution in [2.24, 2.45) is 0 Å². The van der Waals surface area contributed by atoms with Crippen molar-refractivity contribution in [3.63, 3.8) is 0 Å². The van der Waals surface area contributed by atoms with Gasteiger partial charge in [-0.1, -0.05) is 12.1 Å². The molecule has 1 heterocycles. The van der Waals surface area contributed by atoms with Gasteiger partial charge in [-0.15, -0.1) is 0 Å². The Labute approximate surface area is 157 Å². The molecule has 3 N–H and O–H groups in total.